The molecule has 0 unspecified atom stereocenters. The van der Waals surface area contributed by atoms with Gasteiger partial charge in [-0.3, -0.25) is 28.8 Å². The number of ether oxygens (including phenoxy) is 5. The molecule has 2 rings (SSSR count). The first-order valence-electron chi connectivity index (χ1n) is 13.5. The van der Waals surface area contributed by atoms with E-state index in [0.717, 1.165) is 13.8 Å². The van der Waals surface area contributed by atoms with Crippen LogP contribution >= 0.6 is 0 Å². The molecule has 42 heavy (non-hydrogen) atoms. The minimum absolute atomic E-state index is 0.0380. The molecule has 0 aromatic heterocycles. The van der Waals surface area contributed by atoms with Gasteiger partial charge in [-0.2, -0.15) is 0 Å². The normalized spacial score (nSPS) is 29.1. The number of hydrogen-bond donors (Lipinski definition) is 1. The standard InChI is InChI=1S/C30H40O12/c1-14-23(36)12-24(37)21(13-38-16(3)31)10-26(40-18(5)33)22-11-25(39-17(4)32)15(2)27(30(22,8)9)29(42-20(7)35)28(14)41-19(6)34/h10,22-23,25-26,29,36H,11-13H2,1-9H3/b21-10+,28-14+/t22-,23+,25-,26-,29+/m1/s1. The van der Waals surface area contributed by atoms with Crippen LogP contribution in [0, 0.1) is 11.3 Å². The highest BCUT2D eigenvalue weighted by molar-refractivity contribution is 5.96. The van der Waals surface area contributed by atoms with Gasteiger partial charge in [0, 0.05) is 52.5 Å². The van der Waals surface area contributed by atoms with Crippen LogP contribution in [0.2, 0.25) is 0 Å². The Balaban J connectivity index is 3.07. The third kappa shape index (κ3) is 8.37. The molecule has 0 radical (unpaired) electrons. The van der Waals surface area contributed by atoms with Gasteiger partial charge in [0.05, 0.1) is 6.10 Å². The van der Waals surface area contributed by atoms with E-state index in [2.05, 4.69) is 0 Å². The molecule has 0 aromatic carbocycles. The smallest absolute Gasteiger partial charge is 0.307 e. The van der Waals surface area contributed by atoms with E-state index >= 15 is 0 Å². The number of ketones is 1. The van der Waals surface area contributed by atoms with E-state index < -0.39 is 84.4 Å². The average Bonchev–Trinajstić information content (AvgIpc) is 2.83. The molecule has 0 aromatic rings. The van der Waals surface area contributed by atoms with Crippen molar-refractivity contribution < 1.29 is 57.6 Å². The van der Waals surface area contributed by atoms with E-state index in [-0.39, 0.29) is 23.3 Å². The fraction of sp³-hybridized carbons (Fsp3) is 0.600. The number of fused-ring (bicyclic) bond motifs is 2. The Bertz CT molecular complexity index is 1230. The maximum Gasteiger partial charge on any atom is 0.307 e. The summed E-state index contributed by atoms with van der Waals surface area (Å²) < 4.78 is 27.8. The van der Waals surface area contributed by atoms with E-state index in [1.54, 1.807) is 20.8 Å². The molecule has 0 spiro atoms. The summed E-state index contributed by atoms with van der Waals surface area (Å²) in [7, 11) is 0. The molecule has 0 saturated heterocycles. The Morgan fingerprint density at radius 1 is 0.857 bits per heavy atom. The quantitative estimate of drug-likeness (QED) is 0.272. The first-order valence-corrected chi connectivity index (χ1v) is 13.5. The number of Topliss-reactive ketones (excluding diaryl/α,β-unsaturated/α-hetero) is 1. The molecule has 12 heteroatoms. The number of aliphatic hydroxyl groups is 1. The van der Waals surface area contributed by atoms with Gasteiger partial charge < -0.3 is 28.8 Å². The summed E-state index contributed by atoms with van der Waals surface area (Å²) in [5, 5.41) is 11.1. The minimum atomic E-state index is -1.52. The fourth-order valence-electron chi connectivity index (χ4n) is 5.56. The molecule has 0 heterocycles. The molecular formula is C30H40O12. The van der Waals surface area contributed by atoms with Crippen molar-refractivity contribution >= 4 is 35.6 Å². The topological polar surface area (TPSA) is 169 Å². The van der Waals surface area contributed by atoms with Gasteiger partial charge in [0.15, 0.2) is 17.6 Å². The highest BCUT2D eigenvalue weighted by Gasteiger charge is 2.51. The second-order valence-corrected chi connectivity index (χ2v) is 11.1. The van der Waals surface area contributed by atoms with Crippen LogP contribution in [0.15, 0.2) is 34.1 Å². The molecule has 0 saturated carbocycles. The fourth-order valence-corrected chi connectivity index (χ4v) is 5.56. The van der Waals surface area contributed by atoms with Crippen LogP contribution in [0.5, 0.6) is 0 Å². The summed E-state index contributed by atoms with van der Waals surface area (Å²) in [6, 6.07) is 0. The van der Waals surface area contributed by atoms with Gasteiger partial charge in [0.1, 0.15) is 18.8 Å². The number of aliphatic hydroxyl groups excluding tert-OH is 1. The summed E-state index contributed by atoms with van der Waals surface area (Å²) in [6.45, 7) is 12.1. The van der Waals surface area contributed by atoms with Crippen molar-refractivity contribution in [3.05, 3.63) is 34.1 Å². The molecule has 0 amide bonds. The Labute approximate surface area is 245 Å². The first kappa shape index (κ1) is 34.4. The lowest BCUT2D eigenvalue weighted by Gasteiger charge is -2.48. The molecule has 2 bridgehead atoms. The lowest BCUT2D eigenvalue weighted by Crippen LogP contribution is -2.49. The van der Waals surface area contributed by atoms with Crippen LogP contribution in [0.3, 0.4) is 0 Å². The van der Waals surface area contributed by atoms with Crippen LogP contribution in [-0.4, -0.2) is 71.8 Å². The maximum absolute atomic E-state index is 13.5. The van der Waals surface area contributed by atoms with Crippen molar-refractivity contribution in [2.24, 2.45) is 11.3 Å². The van der Waals surface area contributed by atoms with Crippen LogP contribution in [0.1, 0.15) is 75.2 Å². The lowest BCUT2D eigenvalue weighted by molar-refractivity contribution is -0.156. The number of esters is 5. The second-order valence-electron chi connectivity index (χ2n) is 11.1. The predicted molar refractivity (Wildman–Crippen MR) is 146 cm³/mol. The Morgan fingerprint density at radius 3 is 1.93 bits per heavy atom. The third-order valence-corrected chi connectivity index (χ3v) is 7.46. The number of carbonyl (C=O) groups is 6. The van der Waals surface area contributed by atoms with Gasteiger partial charge in [0.2, 0.25) is 0 Å². The van der Waals surface area contributed by atoms with E-state index in [1.165, 1.54) is 33.8 Å². The summed E-state index contributed by atoms with van der Waals surface area (Å²) in [5.41, 5.74) is -0.147. The van der Waals surface area contributed by atoms with Gasteiger partial charge in [-0.05, 0) is 48.5 Å². The SMILES string of the molecule is CC(=O)OC/C1=C\[C@@H](OC(C)=O)[C@H]2C[C@@H](OC(C)=O)C(C)=C([C@H](OC(C)=O)/C(OC(C)=O)=C(/C)[C@@H](O)CC1=O)C2(C)C. The molecule has 5 atom stereocenters. The third-order valence-electron chi connectivity index (χ3n) is 7.46. The zero-order valence-corrected chi connectivity index (χ0v) is 25.5. The Morgan fingerprint density at radius 2 is 1.43 bits per heavy atom. The molecule has 232 valence electrons. The van der Waals surface area contributed by atoms with E-state index in [4.69, 9.17) is 23.7 Å². The predicted octanol–water partition coefficient (Wildman–Crippen LogP) is 2.80. The van der Waals surface area contributed by atoms with E-state index in [0.29, 0.717) is 11.1 Å². The molecule has 2 aliphatic carbocycles. The monoisotopic (exact) mass is 592 g/mol. The average molecular weight is 593 g/mol. The minimum Gasteiger partial charge on any atom is -0.461 e. The van der Waals surface area contributed by atoms with E-state index in [9.17, 15) is 33.9 Å². The first-order chi connectivity index (χ1) is 19.4. The van der Waals surface area contributed by atoms with Crippen LogP contribution in [0.4, 0.5) is 0 Å². The van der Waals surface area contributed by atoms with Crippen molar-refractivity contribution in [3.8, 4) is 0 Å². The van der Waals surface area contributed by atoms with Crippen molar-refractivity contribution in [2.45, 2.75) is 99.6 Å². The van der Waals surface area contributed by atoms with Crippen molar-refractivity contribution in [1.29, 1.82) is 0 Å². The van der Waals surface area contributed by atoms with Crippen LogP contribution in [0.25, 0.3) is 0 Å². The maximum atomic E-state index is 13.5. The molecule has 0 fully saturated rings. The summed E-state index contributed by atoms with van der Waals surface area (Å²) in [6.07, 6.45) is -3.93. The summed E-state index contributed by atoms with van der Waals surface area (Å²) >= 11 is 0. The van der Waals surface area contributed by atoms with Crippen molar-refractivity contribution in [2.75, 3.05) is 6.61 Å². The largest absolute Gasteiger partial charge is 0.461 e. The van der Waals surface area contributed by atoms with Crippen LogP contribution in [-0.2, 0) is 52.5 Å². The Hall–Kier alpha value is -3.80. The van der Waals surface area contributed by atoms with Gasteiger partial charge in [0.25, 0.3) is 0 Å². The zero-order chi connectivity index (χ0) is 32.1. The van der Waals surface area contributed by atoms with Crippen LogP contribution < -0.4 is 0 Å². The van der Waals surface area contributed by atoms with E-state index in [1.807, 2.05) is 0 Å². The van der Waals surface area contributed by atoms with Crippen molar-refractivity contribution in [1.82, 2.24) is 0 Å². The Kier molecular flexibility index (Phi) is 11.4. The molecule has 0 aliphatic heterocycles. The number of hydrogen-bond acceptors (Lipinski definition) is 12. The molecule has 1 N–H and O–H groups in total. The summed E-state index contributed by atoms with van der Waals surface area (Å²) in [4.78, 5) is 74.3. The molecule has 2 aliphatic rings. The van der Waals surface area contributed by atoms with Gasteiger partial charge in [-0.15, -0.1) is 0 Å². The van der Waals surface area contributed by atoms with Gasteiger partial charge in [-0.25, -0.2) is 0 Å². The van der Waals surface area contributed by atoms with Gasteiger partial charge >= 0.3 is 29.8 Å². The molecule has 12 nitrogen and oxygen atoms in total. The number of carbonyl (C=O) groups excluding carboxylic acids is 6. The highest BCUT2D eigenvalue weighted by atomic mass is 16.6. The summed E-state index contributed by atoms with van der Waals surface area (Å²) in [5.74, 6) is -5.01. The molecular weight excluding hydrogens is 552 g/mol. The van der Waals surface area contributed by atoms with Crippen molar-refractivity contribution in [3.63, 3.8) is 0 Å². The number of rotatable bonds is 6. The zero-order valence-electron chi connectivity index (χ0n) is 25.5. The lowest BCUT2D eigenvalue weighted by atomic mass is 9.60. The second kappa shape index (κ2) is 13.9. The highest BCUT2D eigenvalue weighted by Crippen LogP contribution is 2.51. The van der Waals surface area contributed by atoms with Gasteiger partial charge in [-0.1, -0.05) is 13.8 Å².